The normalized spacial score (nSPS) is 17.5. The zero-order chi connectivity index (χ0) is 10.4. The molecule has 4 heteroatoms. The second kappa shape index (κ2) is 5.62. The number of carbonyl (C=O) groups is 1. The highest BCUT2D eigenvalue weighted by Gasteiger charge is 2.15. The predicted molar refractivity (Wildman–Crippen MR) is 54.8 cm³/mol. The Bertz CT molecular complexity index is 226. The van der Waals surface area contributed by atoms with Crippen molar-refractivity contribution in [2.75, 3.05) is 26.2 Å². The van der Waals surface area contributed by atoms with Gasteiger partial charge < -0.3 is 5.11 Å². The van der Waals surface area contributed by atoms with Crippen molar-refractivity contribution in [3.05, 3.63) is 0 Å². The largest absolute Gasteiger partial charge is 0.478 e. The maximum atomic E-state index is 10.6. The van der Waals surface area contributed by atoms with Gasteiger partial charge in [0.2, 0.25) is 6.34 Å². The van der Waals surface area contributed by atoms with Crippen molar-refractivity contribution >= 4 is 12.3 Å². The highest BCUT2D eigenvalue weighted by molar-refractivity contribution is 5.68. The molecule has 0 radical (unpaired) electrons. The van der Waals surface area contributed by atoms with Crippen LogP contribution < -0.4 is 0 Å². The van der Waals surface area contributed by atoms with Gasteiger partial charge in [-0.1, -0.05) is 6.92 Å². The number of carboxylic acids is 1. The lowest BCUT2D eigenvalue weighted by molar-refractivity contribution is -0.516. The van der Waals surface area contributed by atoms with Crippen molar-refractivity contribution in [2.24, 2.45) is 0 Å². The van der Waals surface area contributed by atoms with E-state index in [1.807, 2.05) is 10.9 Å². The van der Waals surface area contributed by atoms with E-state index >= 15 is 0 Å². The van der Waals surface area contributed by atoms with Gasteiger partial charge in [0.1, 0.15) is 0 Å². The molecule has 1 aliphatic rings. The van der Waals surface area contributed by atoms with Gasteiger partial charge in [-0.05, 0) is 19.3 Å². The summed E-state index contributed by atoms with van der Waals surface area (Å²) in [6, 6.07) is 0. The third kappa shape index (κ3) is 3.77. The number of rotatable bonds is 4. The van der Waals surface area contributed by atoms with Crippen LogP contribution in [-0.2, 0) is 4.79 Å². The number of nitrogens with zero attached hydrogens (tertiary/aromatic N) is 2. The van der Waals surface area contributed by atoms with E-state index in [1.54, 1.807) is 0 Å². The average molecular weight is 199 g/mol. The highest BCUT2D eigenvalue weighted by Crippen LogP contribution is 2.00. The Balaban J connectivity index is 2.55. The Hall–Kier alpha value is -1.06. The van der Waals surface area contributed by atoms with Gasteiger partial charge in [0.15, 0.2) is 6.54 Å². The van der Waals surface area contributed by atoms with Crippen LogP contribution in [-0.4, -0.2) is 53.1 Å². The summed E-state index contributed by atoms with van der Waals surface area (Å²) in [5.74, 6) is -0.750. The Morgan fingerprint density at radius 1 is 1.57 bits per heavy atom. The van der Waals surface area contributed by atoms with Crippen LogP contribution in [0.5, 0.6) is 0 Å². The summed E-state index contributed by atoms with van der Waals surface area (Å²) < 4.78 is 1.89. The highest BCUT2D eigenvalue weighted by atomic mass is 16.4. The maximum Gasteiger partial charge on any atom is 0.345 e. The quantitative estimate of drug-likeness (QED) is 0.675. The Morgan fingerprint density at radius 3 is 3.00 bits per heavy atom. The summed E-state index contributed by atoms with van der Waals surface area (Å²) in [6.07, 6.45) is 5.33. The first-order valence-corrected chi connectivity index (χ1v) is 5.27. The molecule has 0 spiro atoms. The molecule has 0 saturated heterocycles. The second-order valence-corrected chi connectivity index (χ2v) is 3.72. The standard InChI is InChI=1S/C10H18N2O2/c1-2-5-11-6-3-4-7-12(9-11)8-10(13)14/h9H,2-8H2,1H3/p+1. The number of hydrogen-bond acceptors (Lipinski definition) is 2. The zero-order valence-corrected chi connectivity index (χ0v) is 8.78. The van der Waals surface area contributed by atoms with Crippen LogP contribution in [0.1, 0.15) is 26.2 Å². The van der Waals surface area contributed by atoms with Gasteiger partial charge in [-0.15, -0.1) is 0 Å². The number of carboxylic acid groups (broad SMARTS) is 1. The van der Waals surface area contributed by atoms with E-state index in [0.29, 0.717) is 0 Å². The molecule has 1 N–H and O–H groups in total. The summed E-state index contributed by atoms with van der Waals surface area (Å²) in [4.78, 5) is 12.8. The summed E-state index contributed by atoms with van der Waals surface area (Å²) in [5, 5.41) is 8.69. The van der Waals surface area contributed by atoms with E-state index in [4.69, 9.17) is 5.11 Å². The first-order chi connectivity index (χ1) is 6.72. The van der Waals surface area contributed by atoms with Crippen molar-refractivity contribution in [3.8, 4) is 0 Å². The molecule has 0 bridgehead atoms. The van der Waals surface area contributed by atoms with Gasteiger partial charge in [0, 0.05) is 0 Å². The molecule has 0 saturated carbocycles. The third-order valence-corrected chi connectivity index (χ3v) is 2.32. The zero-order valence-electron chi connectivity index (χ0n) is 8.78. The van der Waals surface area contributed by atoms with Gasteiger partial charge in [-0.3, -0.25) is 9.48 Å². The lowest BCUT2D eigenvalue weighted by Gasteiger charge is -2.10. The molecular formula is C10H19N2O2+. The van der Waals surface area contributed by atoms with Crippen molar-refractivity contribution in [3.63, 3.8) is 0 Å². The molecule has 0 aromatic rings. The molecule has 0 fully saturated rings. The molecule has 80 valence electrons. The van der Waals surface area contributed by atoms with E-state index < -0.39 is 5.97 Å². The first-order valence-electron chi connectivity index (χ1n) is 5.27. The van der Waals surface area contributed by atoms with Crippen LogP contribution in [0.4, 0.5) is 0 Å². The molecule has 0 atom stereocenters. The molecule has 4 nitrogen and oxygen atoms in total. The van der Waals surface area contributed by atoms with E-state index in [-0.39, 0.29) is 6.54 Å². The monoisotopic (exact) mass is 199 g/mol. The van der Waals surface area contributed by atoms with E-state index in [1.165, 1.54) is 0 Å². The van der Waals surface area contributed by atoms with Gasteiger partial charge in [0.05, 0.1) is 19.6 Å². The third-order valence-electron chi connectivity index (χ3n) is 2.32. The molecule has 0 aromatic carbocycles. The Morgan fingerprint density at radius 2 is 2.36 bits per heavy atom. The number of hydrogen-bond donors (Lipinski definition) is 1. The fraction of sp³-hybridized carbons (Fsp3) is 0.800. The van der Waals surface area contributed by atoms with E-state index in [2.05, 4.69) is 11.8 Å². The minimum atomic E-state index is -0.750. The van der Waals surface area contributed by atoms with Crippen LogP contribution in [0.2, 0.25) is 0 Å². The van der Waals surface area contributed by atoms with Gasteiger partial charge >= 0.3 is 5.97 Å². The second-order valence-electron chi connectivity index (χ2n) is 3.72. The summed E-state index contributed by atoms with van der Waals surface area (Å²) in [6.45, 7) is 5.22. The molecule has 0 unspecified atom stereocenters. The van der Waals surface area contributed by atoms with Crippen molar-refractivity contribution in [1.82, 2.24) is 4.90 Å². The lowest BCUT2D eigenvalue weighted by atomic mass is 10.3. The van der Waals surface area contributed by atoms with Crippen LogP contribution in [0.15, 0.2) is 0 Å². The molecule has 0 amide bonds. The molecule has 0 aliphatic carbocycles. The van der Waals surface area contributed by atoms with Crippen LogP contribution >= 0.6 is 0 Å². The first kappa shape index (κ1) is 11.0. The average Bonchev–Trinajstić information content (AvgIpc) is 2.30. The van der Waals surface area contributed by atoms with Crippen LogP contribution in [0.25, 0.3) is 0 Å². The van der Waals surface area contributed by atoms with E-state index in [9.17, 15) is 4.79 Å². The minimum Gasteiger partial charge on any atom is -0.478 e. The van der Waals surface area contributed by atoms with Crippen LogP contribution in [0, 0.1) is 0 Å². The summed E-state index contributed by atoms with van der Waals surface area (Å²) in [7, 11) is 0. The van der Waals surface area contributed by atoms with Gasteiger partial charge in [-0.25, -0.2) is 4.79 Å². The lowest BCUT2D eigenvalue weighted by Crippen LogP contribution is -2.30. The van der Waals surface area contributed by atoms with Crippen molar-refractivity contribution in [1.29, 1.82) is 0 Å². The van der Waals surface area contributed by atoms with Crippen LogP contribution in [0.3, 0.4) is 0 Å². The van der Waals surface area contributed by atoms with Gasteiger partial charge in [-0.2, -0.15) is 0 Å². The smallest absolute Gasteiger partial charge is 0.345 e. The fourth-order valence-electron chi connectivity index (χ4n) is 1.73. The molecular weight excluding hydrogens is 180 g/mol. The van der Waals surface area contributed by atoms with Crippen molar-refractivity contribution < 1.29 is 14.5 Å². The topological polar surface area (TPSA) is 43.5 Å². The molecule has 1 rings (SSSR count). The summed E-state index contributed by atoms with van der Waals surface area (Å²) in [5.41, 5.74) is 0. The Kier molecular flexibility index (Phi) is 4.43. The predicted octanol–water partition coefficient (Wildman–Crippen LogP) is 0.618. The SMILES string of the molecule is CCCN1C=[N+](CC(=O)O)CCCC1. The molecule has 0 aromatic heterocycles. The summed E-state index contributed by atoms with van der Waals surface area (Å²) >= 11 is 0. The minimum absolute atomic E-state index is 0.125. The maximum absolute atomic E-state index is 10.6. The molecule has 1 heterocycles. The van der Waals surface area contributed by atoms with Gasteiger partial charge in [0.25, 0.3) is 0 Å². The number of aliphatic carboxylic acids is 1. The van der Waals surface area contributed by atoms with E-state index in [0.717, 1.165) is 38.9 Å². The fourth-order valence-corrected chi connectivity index (χ4v) is 1.73. The molecule has 14 heavy (non-hydrogen) atoms. The molecule has 1 aliphatic heterocycles. The van der Waals surface area contributed by atoms with Crippen molar-refractivity contribution in [2.45, 2.75) is 26.2 Å². The Labute approximate surface area is 84.8 Å².